The van der Waals surface area contributed by atoms with Crippen molar-refractivity contribution in [1.29, 1.82) is 0 Å². The summed E-state index contributed by atoms with van der Waals surface area (Å²) in [5.74, 6) is 1.59. The van der Waals surface area contributed by atoms with Crippen LogP contribution in [0.1, 0.15) is 46.8 Å². The van der Waals surface area contributed by atoms with Crippen LogP contribution in [-0.4, -0.2) is 52.2 Å². The van der Waals surface area contributed by atoms with E-state index >= 15 is 0 Å². The lowest BCUT2D eigenvalue weighted by molar-refractivity contribution is 0.0473. The number of aromatic nitrogens is 3. The summed E-state index contributed by atoms with van der Waals surface area (Å²) in [7, 11) is 0. The maximum absolute atomic E-state index is 12.7. The molecule has 8 heteroatoms. The fourth-order valence-electron chi connectivity index (χ4n) is 4.10. The second kappa shape index (κ2) is 6.30. The number of hydrogen-bond acceptors (Lipinski definition) is 7. The summed E-state index contributed by atoms with van der Waals surface area (Å²) >= 11 is 0. The minimum atomic E-state index is -0.285. The monoisotopic (exact) mass is 369 g/mol. The molecule has 1 saturated carbocycles. The molecule has 1 atom stereocenters. The zero-order valence-corrected chi connectivity index (χ0v) is 15.4. The van der Waals surface area contributed by atoms with Crippen molar-refractivity contribution in [3.63, 3.8) is 0 Å². The molecule has 142 valence electrons. The predicted molar refractivity (Wildman–Crippen MR) is 96.3 cm³/mol. The maximum Gasteiger partial charge on any atom is 0.292 e. The third-order valence-corrected chi connectivity index (χ3v) is 5.88. The second-order valence-electron chi connectivity index (χ2n) is 7.91. The van der Waals surface area contributed by atoms with Gasteiger partial charge in [0.1, 0.15) is 0 Å². The van der Waals surface area contributed by atoms with Gasteiger partial charge in [-0.05, 0) is 32.1 Å². The van der Waals surface area contributed by atoms with Crippen molar-refractivity contribution in [3.05, 3.63) is 35.0 Å². The van der Waals surface area contributed by atoms with E-state index in [0.717, 1.165) is 35.8 Å². The highest BCUT2D eigenvalue weighted by Gasteiger charge is 2.47. The number of likely N-dealkylation sites (tertiary alicyclic amines) is 1. The molecule has 1 N–H and O–H groups in total. The summed E-state index contributed by atoms with van der Waals surface area (Å²) in [5.41, 5.74) is 2.77. The van der Waals surface area contributed by atoms with Crippen molar-refractivity contribution in [2.45, 2.75) is 38.2 Å². The number of carbonyl (C=O) groups excluding carboxylic acids is 1. The number of nitrogens with zero attached hydrogens (tertiary/aromatic N) is 4. The number of anilines is 1. The van der Waals surface area contributed by atoms with E-state index in [4.69, 9.17) is 14.2 Å². The number of aryl methyl sites for hydroxylation is 1. The molecule has 2 aromatic rings. The van der Waals surface area contributed by atoms with Crippen LogP contribution in [0.2, 0.25) is 0 Å². The van der Waals surface area contributed by atoms with Gasteiger partial charge in [-0.1, -0.05) is 5.16 Å². The van der Waals surface area contributed by atoms with E-state index in [1.807, 2.05) is 11.8 Å². The Bertz CT molecular complexity index is 864. The topological polar surface area (TPSA) is 93.4 Å². The Hall–Kier alpha value is -2.48. The Morgan fingerprint density at radius 3 is 3.07 bits per heavy atom. The van der Waals surface area contributed by atoms with Crippen molar-refractivity contribution in [3.8, 4) is 0 Å². The van der Waals surface area contributed by atoms with Gasteiger partial charge in [0.05, 0.1) is 30.5 Å². The first-order valence-corrected chi connectivity index (χ1v) is 9.54. The Morgan fingerprint density at radius 2 is 2.30 bits per heavy atom. The van der Waals surface area contributed by atoms with Crippen molar-refractivity contribution in [1.82, 2.24) is 20.0 Å². The molecule has 0 bridgehead atoms. The highest BCUT2D eigenvalue weighted by Crippen LogP contribution is 2.40. The van der Waals surface area contributed by atoms with E-state index in [1.165, 1.54) is 19.0 Å². The zero-order valence-electron chi connectivity index (χ0n) is 15.4. The molecular formula is C19H23N5O3. The Kier molecular flexibility index (Phi) is 3.89. The third kappa shape index (κ3) is 2.97. The summed E-state index contributed by atoms with van der Waals surface area (Å²) in [6.45, 7) is 5.25. The summed E-state index contributed by atoms with van der Waals surface area (Å²) in [4.78, 5) is 24.0. The van der Waals surface area contributed by atoms with E-state index in [9.17, 15) is 4.79 Å². The van der Waals surface area contributed by atoms with Crippen LogP contribution in [0.4, 0.5) is 5.95 Å². The number of amides is 1. The average molecular weight is 369 g/mol. The molecule has 0 aromatic carbocycles. The molecule has 2 aromatic heterocycles. The Balaban J connectivity index is 1.43. The molecule has 2 aliphatic heterocycles. The van der Waals surface area contributed by atoms with Crippen LogP contribution in [0.25, 0.3) is 0 Å². The van der Waals surface area contributed by atoms with E-state index in [-0.39, 0.29) is 17.1 Å². The Morgan fingerprint density at radius 1 is 1.41 bits per heavy atom. The van der Waals surface area contributed by atoms with E-state index in [2.05, 4.69) is 15.5 Å². The van der Waals surface area contributed by atoms with Gasteiger partial charge in [-0.25, -0.2) is 9.97 Å². The fraction of sp³-hybridized carbons (Fsp3) is 0.579. The number of fused-ring (bicyclic) bond motifs is 2. The highest BCUT2D eigenvalue weighted by molar-refractivity contribution is 5.91. The molecule has 1 aliphatic carbocycles. The van der Waals surface area contributed by atoms with E-state index in [0.29, 0.717) is 32.3 Å². The number of ether oxygens (including phenoxy) is 1. The van der Waals surface area contributed by atoms with Crippen LogP contribution < -0.4 is 5.32 Å². The highest BCUT2D eigenvalue weighted by atomic mass is 16.5. The summed E-state index contributed by atoms with van der Waals surface area (Å²) < 4.78 is 11.0. The first-order chi connectivity index (χ1) is 13.1. The first kappa shape index (κ1) is 16.7. The molecule has 5 rings (SSSR count). The van der Waals surface area contributed by atoms with Crippen LogP contribution in [0.15, 0.2) is 16.8 Å². The minimum absolute atomic E-state index is 0.130. The maximum atomic E-state index is 12.7. The van der Waals surface area contributed by atoms with Crippen LogP contribution in [0.5, 0.6) is 0 Å². The van der Waals surface area contributed by atoms with Gasteiger partial charge in [-0.2, -0.15) is 0 Å². The van der Waals surface area contributed by atoms with Gasteiger partial charge in [0.2, 0.25) is 11.7 Å². The lowest BCUT2D eigenvalue weighted by atomic mass is 9.80. The van der Waals surface area contributed by atoms with Crippen molar-refractivity contribution in [2.24, 2.45) is 5.92 Å². The molecule has 3 aliphatic rings. The zero-order chi connectivity index (χ0) is 18.4. The Labute approximate surface area is 157 Å². The largest absolute Gasteiger partial charge is 0.376 e. The van der Waals surface area contributed by atoms with Crippen LogP contribution in [-0.2, 0) is 16.8 Å². The van der Waals surface area contributed by atoms with Gasteiger partial charge in [-0.3, -0.25) is 4.79 Å². The van der Waals surface area contributed by atoms with Gasteiger partial charge in [0.25, 0.3) is 5.91 Å². The third-order valence-electron chi connectivity index (χ3n) is 5.88. The minimum Gasteiger partial charge on any atom is -0.376 e. The summed E-state index contributed by atoms with van der Waals surface area (Å²) in [6, 6.07) is 1.60. The SMILES string of the molecule is Cc1nc(NCC2CC2)nc2c1COCC21CCN(C(=O)c2ccno2)C1. The van der Waals surface area contributed by atoms with Crippen molar-refractivity contribution < 1.29 is 14.1 Å². The number of hydrogen-bond donors (Lipinski definition) is 1. The van der Waals surface area contributed by atoms with E-state index in [1.54, 1.807) is 6.07 Å². The molecule has 0 radical (unpaired) electrons. The van der Waals surface area contributed by atoms with Crippen LogP contribution >= 0.6 is 0 Å². The smallest absolute Gasteiger partial charge is 0.292 e. The first-order valence-electron chi connectivity index (χ1n) is 9.54. The van der Waals surface area contributed by atoms with Gasteiger partial charge < -0.3 is 19.5 Å². The fourth-order valence-corrected chi connectivity index (χ4v) is 4.10. The van der Waals surface area contributed by atoms with Crippen LogP contribution in [0, 0.1) is 12.8 Å². The number of rotatable bonds is 4. The van der Waals surface area contributed by atoms with Gasteiger partial charge in [0, 0.05) is 37.0 Å². The summed E-state index contributed by atoms with van der Waals surface area (Å²) in [6.07, 6.45) is 4.88. The standard InChI is InChI=1S/C19H23N5O3/c1-12-14-9-26-11-19(16(14)23-18(22-12)20-8-13-2-3-13)5-7-24(10-19)17(25)15-4-6-21-27-15/h4,6,13H,2-3,5,7-11H2,1H3,(H,20,22,23). The molecule has 8 nitrogen and oxygen atoms in total. The average Bonchev–Trinajstić information content (AvgIpc) is 3.16. The molecule has 27 heavy (non-hydrogen) atoms. The van der Waals surface area contributed by atoms with Crippen molar-refractivity contribution >= 4 is 11.9 Å². The second-order valence-corrected chi connectivity index (χ2v) is 7.91. The van der Waals surface area contributed by atoms with E-state index < -0.39 is 0 Å². The lowest BCUT2D eigenvalue weighted by Gasteiger charge is -2.35. The van der Waals surface area contributed by atoms with Gasteiger partial charge in [-0.15, -0.1) is 0 Å². The summed E-state index contributed by atoms with van der Waals surface area (Å²) in [5, 5.41) is 7.03. The normalized spacial score (nSPS) is 24.3. The molecule has 1 unspecified atom stereocenters. The molecule has 1 saturated heterocycles. The molecule has 4 heterocycles. The van der Waals surface area contributed by atoms with Gasteiger partial charge >= 0.3 is 0 Å². The quantitative estimate of drug-likeness (QED) is 0.880. The molecular weight excluding hydrogens is 346 g/mol. The molecule has 2 fully saturated rings. The lowest BCUT2D eigenvalue weighted by Crippen LogP contribution is -2.42. The predicted octanol–water partition coefficient (Wildman–Crippen LogP) is 1.91. The number of nitrogens with one attached hydrogen (secondary N) is 1. The number of carbonyl (C=O) groups is 1. The molecule has 1 amide bonds. The molecule has 1 spiro atoms. The van der Waals surface area contributed by atoms with Crippen LogP contribution in [0.3, 0.4) is 0 Å². The van der Waals surface area contributed by atoms with Crippen molar-refractivity contribution in [2.75, 3.05) is 31.6 Å². The van der Waals surface area contributed by atoms with Gasteiger partial charge in [0.15, 0.2) is 0 Å².